The van der Waals surface area contributed by atoms with Gasteiger partial charge < -0.3 is 10.0 Å². The topological polar surface area (TPSA) is 40.5 Å². The van der Waals surface area contributed by atoms with Crippen molar-refractivity contribution in [3.05, 3.63) is 29.8 Å². The molecular weight excluding hydrogens is 238 g/mol. The number of anilines is 1. The van der Waals surface area contributed by atoms with Gasteiger partial charge in [-0.1, -0.05) is 32.4 Å². The van der Waals surface area contributed by atoms with Gasteiger partial charge >= 0.3 is 5.97 Å². The van der Waals surface area contributed by atoms with Crippen LogP contribution in [0.2, 0.25) is 0 Å². The number of hydrogen-bond acceptors (Lipinski definition) is 2. The first-order valence-electron chi connectivity index (χ1n) is 7.15. The molecule has 0 aliphatic rings. The van der Waals surface area contributed by atoms with Gasteiger partial charge in [-0.15, -0.1) is 0 Å². The number of carboxylic acid groups (broad SMARTS) is 1. The molecule has 0 aliphatic heterocycles. The zero-order chi connectivity index (χ0) is 14.3. The van der Waals surface area contributed by atoms with Crippen molar-refractivity contribution in [2.24, 2.45) is 5.92 Å². The van der Waals surface area contributed by atoms with Gasteiger partial charge in [0.25, 0.3) is 0 Å². The van der Waals surface area contributed by atoms with Gasteiger partial charge in [0.05, 0.1) is 5.92 Å². The van der Waals surface area contributed by atoms with Crippen LogP contribution in [0.3, 0.4) is 0 Å². The first-order chi connectivity index (χ1) is 9.08. The molecule has 19 heavy (non-hydrogen) atoms. The molecule has 0 heterocycles. The summed E-state index contributed by atoms with van der Waals surface area (Å²) >= 11 is 0. The Kier molecular flexibility index (Phi) is 6.40. The molecule has 0 radical (unpaired) electrons. The average Bonchev–Trinajstić information content (AvgIpc) is 2.42. The van der Waals surface area contributed by atoms with E-state index in [0.717, 1.165) is 18.7 Å². The highest BCUT2D eigenvalue weighted by atomic mass is 16.4. The van der Waals surface area contributed by atoms with E-state index in [1.807, 2.05) is 0 Å². The lowest BCUT2D eigenvalue weighted by molar-refractivity contribution is -0.140. The first kappa shape index (κ1) is 15.5. The van der Waals surface area contributed by atoms with Crippen LogP contribution in [0.15, 0.2) is 24.3 Å². The number of nitrogens with zero attached hydrogens (tertiary/aromatic N) is 1. The summed E-state index contributed by atoms with van der Waals surface area (Å²) < 4.78 is 0. The van der Waals surface area contributed by atoms with E-state index in [1.54, 1.807) is 6.92 Å². The number of hydrogen-bond donors (Lipinski definition) is 1. The second-order valence-electron chi connectivity index (χ2n) is 5.05. The fourth-order valence-corrected chi connectivity index (χ4v) is 2.08. The highest BCUT2D eigenvalue weighted by Crippen LogP contribution is 2.17. The van der Waals surface area contributed by atoms with Crippen LogP contribution in [0.5, 0.6) is 0 Å². The van der Waals surface area contributed by atoms with Crippen molar-refractivity contribution in [2.75, 3.05) is 18.0 Å². The van der Waals surface area contributed by atoms with Crippen LogP contribution in [0.4, 0.5) is 5.69 Å². The maximum atomic E-state index is 10.9. The molecule has 3 nitrogen and oxygen atoms in total. The van der Waals surface area contributed by atoms with Crippen LogP contribution in [0.1, 0.15) is 39.2 Å². The number of rotatable bonds is 8. The van der Waals surface area contributed by atoms with E-state index in [2.05, 4.69) is 43.0 Å². The summed E-state index contributed by atoms with van der Waals surface area (Å²) in [6, 6.07) is 8.50. The molecule has 0 aromatic heterocycles. The van der Waals surface area contributed by atoms with Gasteiger partial charge in [0, 0.05) is 18.8 Å². The van der Waals surface area contributed by atoms with Crippen molar-refractivity contribution in [3.63, 3.8) is 0 Å². The molecule has 1 aromatic carbocycles. The standard InChI is InChI=1S/C16H25NO2/c1-4-6-7-14-8-10-15(11-9-14)17(5-2)12-13(3)16(18)19/h8-11,13H,4-7,12H2,1-3H3,(H,18,19). The Morgan fingerprint density at radius 1 is 1.26 bits per heavy atom. The monoisotopic (exact) mass is 263 g/mol. The van der Waals surface area contributed by atoms with Gasteiger partial charge in [0.15, 0.2) is 0 Å². The van der Waals surface area contributed by atoms with Crippen LogP contribution in [-0.4, -0.2) is 24.2 Å². The summed E-state index contributed by atoms with van der Waals surface area (Å²) in [5, 5.41) is 8.99. The van der Waals surface area contributed by atoms with Gasteiger partial charge in [-0.3, -0.25) is 4.79 Å². The molecule has 1 aromatic rings. The van der Waals surface area contributed by atoms with E-state index >= 15 is 0 Å². The normalized spacial score (nSPS) is 12.2. The van der Waals surface area contributed by atoms with E-state index in [4.69, 9.17) is 5.11 Å². The lowest BCUT2D eigenvalue weighted by Crippen LogP contribution is -2.31. The Bertz CT molecular complexity index is 386. The Morgan fingerprint density at radius 2 is 1.89 bits per heavy atom. The number of aliphatic carboxylic acids is 1. The van der Waals surface area contributed by atoms with Crippen molar-refractivity contribution in [2.45, 2.75) is 40.0 Å². The third kappa shape index (κ3) is 4.93. The van der Waals surface area contributed by atoms with Gasteiger partial charge in [0.2, 0.25) is 0 Å². The molecule has 1 rings (SSSR count). The van der Waals surface area contributed by atoms with E-state index in [0.29, 0.717) is 6.54 Å². The predicted molar refractivity (Wildman–Crippen MR) is 79.7 cm³/mol. The Hall–Kier alpha value is -1.51. The first-order valence-corrected chi connectivity index (χ1v) is 7.15. The molecule has 0 aliphatic carbocycles. The zero-order valence-electron chi connectivity index (χ0n) is 12.2. The maximum absolute atomic E-state index is 10.9. The fraction of sp³-hybridized carbons (Fsp3) is 0.562. The van der Waals surface area contributed by atoms with Gasteiger partial charge in [-0.25, -0.2) is 0 Å². The van der Waals surface area contributed by atoms with Gasteiger partial charge in [0.1, 0.15) is 0 Å². The summed E-state index contributed by atoms with van der Waals surface area (Å²) in [5.41, 5.74) is 2.46. The van der Waals surface area contributed by atoms with Crippen molar-refractivity contribution in [1.29, 1.82) is 0 Å². The number of carbonyl (C=O) groups is 1. The van der Waals surface area contributed by atoms with E-state index in [1.165, 1.54) is 18.4 Å². The van der Waals surface area contributed by atoms with Gasteiger partial charge in [-0.2, -0.15) is 0 Å². The molecule has 0 bridgehead atoms. The number of benzene rings is 1. The third-order valence-corrected chi connectivity index (χ3v) is 3.42. The summed E-state index contributed by atoms with van der Waals surface area (Å²) in [6.45, 7) is 7.38. The highest BCUT2D eigenvalue weighted by molar-refractivity contribution is 5.70. The molecule has 1 atom stereocenters. The number of aryl methyl sites for hydroxylation is 1. The van der Waals surface area contributed by atoms with E-state index in [9.17, 15) is 4.79 Å². The van der Waals surface area contributed by atoms with Crippen LogP contribution in [0.25, 0.3) is 0 Å². The minimum Gasteiger partial charge on any atom is -0.481 e. The fourth-order valence-electron chi connectivity index (χ4n) is 2.08. The van der Waals surface area contributed by atoms with Crippen LogP contribution in [0, 0.1) is 5.92 Å². The second kappa shape index (κ2) is 7.82. The molecular formula is C16H25NO2. The Balaban J connectivity index is 2.68. The lowest BCUT2D eigenvalue weighted by atomic mass is 10.1. The lowest BCUT2D eigenvalue weighted by Gasteiger charge is -2.25. The molecule has 1 unspecified atom stereocenters. The average molecular weight is 263 g/mol. The summed E-state index contributed by atoms with van der Waals surface area (Å²) in [4.78, 5) is 13.0. The largest absolute Gasteiger partial charge is 0.481 e. The van der Waals surface area contributed by atoms with E-state index in [-0.39, 0.29) is 5.92 Å². The quantitative estimate of drug-likeness (QED) is 0.779. The molecule has 0 amide bonds. The van der Waals surface area contributed by atoms with Crippen molar-refractivity contribution in [1.82, 2.24) is 0 Å². The molecule has 0 saturated heterocycles. The number of unbranched alkanes of at least 4 members (excludes halogenated alkanes) is 1. The molecule has 1 N–H and O–H groups in total. The van der Waals surface area contributed by atoms with Crippen LogP contribution in [-0.2, 0) is 11.2 Å². The van der Waals surface area contributed by atoms with E-state index < -0.39 is 5.97 Å². The second-order valence-corrected chi connectivity index (χ2v) is 5.05. The molecule has 0 saturated carbocycles. The molecule has 0 spiro atoms. The Morgan fingerprint density at radius 3 is 2.37 bits per heavy atom. The predicted octanol–water partition coefficient (Wildman–Crippen LogP) is 3.58. The SMILES string of the molecule is CCCCc1ccc(N(CC)CC(C)C(=O)O)cc1. The van der Waals surface area contributed by atoms with Gasteiger partial charge in [-0.05, 0) is 37.5 Å². The van der Waals surface area contributed by atoms with Crippen LogP contribution < -0.4 is 4.90 Å². The summed E-state index contributed by atoms with van der Waals surface area (Å²) in [7, 11) is 0. The van der Waals surface area contributed by atoms with Crippen molar-refractivity contribution >= 4 is 11.7 Å². The summed E-state index contributed by atoms with van der Waals surface area (Å²) in [6.07, 6.45) is 3.54. The minimum absolute atomic E-state index is 0.347. The molecule has 106 valence electrons. The van der Waals surface area contributed by atoms with Crippen molar-refractivity contribution < 1.29 is 9.90 Å². The number of carboxylic acids is 1. The van der Waals surface area contributed by atoms with Crippen LogP contribution >= 0.6 is 0 Å². The third-order valence-electron chi connectivity index (χ3n) is 3.42. The van der Waals surface area contributed by atoms with Crippen molar-refractivity contribution in [3.8, 4) is 0 Å². The molecule has 0 fully saturated rings. The summed E-state index contributed by atoms with van der Waals surface area (Å²) in [5.74, 6) is -1.09. The smallest absolute Gasteiger partial charge is 0.308 e. The Labute approximate surface area is 116 Å². The highest BCUT2D eigenvalue weighted by Gasteiger charge is 2.15. The maximum Gasteiger partial charge on any atom is 0.308 e. The zero-order valence-corrected chi connectivity index (χ0v) is 12.2. The minimum atomic E-state index is -0.738. The molecule has 3 heteroatoms.